The topological polar surface area (TPSA) is 104 Å². The van der Waals surface area contributed by atoms with E-state index >= 15 is 0 Å². The third-order valence-corrected chi connectivity index (χ3v) is 5.82. The summed E-state index contributed by atoms with van der Waals surface area (Å²) in [4.78, 5) is 4.01. The van der Waals surface area contributed by atoms with Crippen LogP contribution in [-0.4, -0.2) is 38.5 Å². The summed E-state index contributed by atoms with van der Waals surface area (Å²) in [5.41, 5.74) is 9.16. The summed E-state index contributed by atoms with van der Waals surface area (Å²) in [6.45, 7) is 1.13. The lowest BCUT2D eigenvalue weighted by molar-refractivity contribution is -0.213. The molecule has 1 saturated heterocycles. The zero-order valence-corrected chi connectivity index (χ0v) is 18.1. The number of nitrogens with two attached hydrogens (primary N) is 1. The molecule has 2 aromatic carbocycles. The van der Waals surface area contributed by atoms with Gasteiger partial charge in [-0.25, -0.2) is 9.50 Å². The molecule has 0 saturated carbocycles. The molecule has 1 aliphatic rings. The molecule has 3 unspecified atom stereocenters. The lowest BCUT2D eigenvalue weighted by atomic mass is 10.1. The average molecular weight is 447 g/mol. The van der Waals surface area contributed by atoms with E-state index in [1.54, 1.807) is 16.6 Å². The number of fused-ring (bicyclic) bond motifs is 1. The van der Waals surface area contributed by atoms with Crippen LogP contribution in [0, 0.1) is 0 Å². The van der Waals surface area contributed by atoms with Gasteiger partial charge in [-0.1, -0.05) is 60.7 Å². The van der Waals surface area contributed by atoms with Gasteiger partial charge in [0.1, 0.15) is 23.6 Å². The third kappa shape index (κ3) is 4.60. The number of hydrogen-bond donors (Lipinski definition) is 2. The van der Waals surface area contributed by atoms with E-state index in [-0.39, 0.29) is 19.1 Å². The van der Waals surface area contributed by atoms with Gasteiger partial charge in [0.05, 0.1) is 25.9 Å². The molecule has 1 fully saturated rings. The van der Waals surface area contributed by atoms with Crippen LogP contribution in [0.1, 0.15) is 23.2 Å². The molecular weight excluding hydrogens is 420 g/mol. The number of ether oxygens (including phenoxy) is 3. The summed E-state index contributed by atoms with van der Waals surface area (Å²) < 4.78 is 19.9. The molecule has 4 aromatic rings. The number of nitrogen functional groups attached to an aromatic ring is 1. The normalized spacial score (nSPS) is 22.7. The molecule has 0 aliphatic carbocycles. The highest BCUT2D eigenvalue weighted by atomic mass is 16.7. The van der Waals surface area contributed by atoms with Gasteiger partial charge in [0, 0.05) is 6.42 Å². The Morgan fingerprint density at radius 1 is 1.00 bits per heavy atom. The maximum absolute atomic E-state index is 11.5. The second-order valence-corrected chi connectivity index (χ2v) is 8.14. The predicted octanol–water partition coefficient (Wildman–Crippen LogP) is 3.05. The van der Waals surface area contributed by atoms with Gasteiger partial charge in [0.2, 0.25) is 5.79 Å². The van der Waals surface area contributed by atoms with E-state index in [0.29, 0.717) is 30.2 Å². The van der Waals surface area contributed by atoms with Crippen LogP contribution in [0.15, 0.2) is 79.1 Å². The molecule has 3 N–H and O–H groups in total. The minimum Gasteiger partial charge on any atom is -0.382 e. The first-order chi connectivity index (χ1) is 16.1. The molecule has 0 spiro atoms. The highest BCUT2D eigenvalue weighted by Gasteiger charge is 2.49. The Bertz CT molecular complexity index is 1200. The molecule has 8 heteroatoms. The SMILES string of the molecule is Nc1ncnn2c(C3(O)CC(OCc4ccccc4)C(COCc4ccccc4)O3)ccc12. The average Bonchev–Trinajstić information content (AvgIpc) is 3.42. The van der Waals surface area contributed by atoms with Gasteiger partial charge in [-0.3, -0.25) is 0 Å². The molecule has 5 rings (SSSR count). The Morgan fingerprint density at radius 3 is 2.42 bits per heavy atom. The monoisotopic (exact) mass is 446 g/mol. The van der Waals surface area contributed by atoms with Crippen molar-refractivity contribution in [3.05, 3.63) is 95.9 Å². The molecule has 0 radical (unpaired) electrons. The first-order valence-corrected chi connectivity index (χ1v) is 10.9. The number of nitrogens with zero attached hydrogens (tertiary/aromatic N) is 3. The van der Waals surface area contributed by atoms with Crippen molar-refractivity contribution in [2.24, 2.45) is 0 Å². The Kier molecular flexibility index (Phi) is 6.06. The van der Waals surface area contributed by atoms with Crippen LogP contribution < -0.4 is 5.73 Å². The Balaban J connectivity index is 1.35. The maximum Gasteiger partial charge on any atom is 0.212 e. The van der Waals surface area contributed by atoms with Crippen LogP contribution in [0.2, 0.25) is 0 Å². The zero-order valence-electron chi connectivity index (χ0n) is 18.1. The van der Waals surface area contributed by atoms with Crippen molar-refractivity contribution in [1.29, 1.82) is 0 Å². The lowest BCUT2D eigenvalue weighted by Gasteiger charge is -2.22. The molecule has 33 heavy (non-hydrogen) atoms. The minimum atomic E-state index is -1.60. The first kappa shape index (κ1) is 21.5. The van der Waals surface area contributed by atoms with Crippen molar-refractivity contribution in [2.45, 2.75) is 37.6 Å². The van der Waals surface area contributed by atoms with Crippen molar-refractivity contribution in [1.82, 2.24) is 14.6 Å². The van der Waals surface area contributed by atoms with E-state index in [4.69, 9.17) is 19.9 Å². The van der Waals surface area contributed by atoms with E-state index in [2.05, 4.69) is 10.1 Å². The molecular formula is C25H26N4O4. The number of aromatic nitrogens is 3. The fourth-order valence-corrected chi connectivity index (χ4v) is 4.14. The molecule has 170 valence electrons. The summed E-state index contributed by atoms with van der Waals surface area (Å²) >= 11 is 0. The fraction of sp³-hybridized carbons (Fsp3) is 0.280. The standard InChI is InChI=1S/C25H26N4O4/c26-24-20-11-12-23(29(20)28-17-27-24)25(30)13-21(32-15-19-9-5-2-6-10-19)22(33-25)16-31-14-18-7-3-1-4-8-18/h1-12,17,21-22,30H,13-16H2,(H2,26,27,28). The summed E-state index contributed by atoms with van der Waals surface area (Å²) in [6.07, 6.45) is 0.742. The smallest absolute Gasteiger partial charge is 0.212 e. The van der Waals surface area contributed by atoms with Crippen LogP contribution in [0.3, 0.4) is 0 Å². The van der Waals surface area contributed by atoms with Crippen molar-refractivity contribution in [3.63, 3.8) is 0 Å². The van der Waals surface area contributed by atoms with E-state index in [1.807, 2.05) is 60.7 Å². The van der Waals surface area contributed by atoms with E-state index in [9.17, 15) is 5.11 Å². The van der Waals surface area contributed by atoms with E-state index in [0.717, 1.165) is 11.1 Å². The van der Waals surface area contributed by atoms with E-state index < -0.39 is 11.9 Å². The van der Waals surface area contributed by atoms with Gasteiger partial charge in [-0.15, -0.1) is 0 Å². The highest BCUT2D eigenvalue weighted by Crippen LogP contribution is 2.40. The van der Waals surface area contributed by atoms with Crippen LogP contribution in [0.25, 0.3) is 5.52 Å². The molecule has 0 amide bonds. The van der Waals surface area contributed by atoms with Crippen LogP contribution in [-0.2, 0) is 33.2 Å². The molecule has 8 nitrogen and oxygen atoms in total. The van der Waals surface area contributed by atoms with Gasteiger partial charge < -0.3 is 25.1 Å². The van der Waals surface area contributed by atoms with Crippen LogP contribution in [0.5, 0.6) is 0 Å². The van der Waals surface area contributed by atoms with Gasteiger partial charge >= 0.3 is 0 Å². The first-order valence-electron chi connectivity index (χ1n) is 10.9. The zero-order chi connectivity index (χ0) is 22.7. The Labute approximate surface area is 191 Å². The maximum atomic E-state index is 11.5. The summed E-state index contributed by atoms with van der Waals surface area (Å²) in [7, 11) is 0. The van der Waals surface area contributed by atoms with Gasteiger partial charge in [0.15, 0.2) is 5.82 Å². The van der Waals surface area contributed by atoms with Crippen LogP contribution in [0.4, 0.5) is 5.82 Å². The van der Waals surface area contributed by atoms with Crippen molar-refractivity contribution in [3.8, 4) is 0 Å². The molecule has 2 aromatic heterocycles. The van der Waals surface area contributed by atoms with Gasteiger partial charge in [-0.2, -0.15) is 5.10 Å². The molecule has 3 heterocycles. The fourth-order valence-electron chi connectivity index (χ4n) is 4.14. The highest BCUT2D eigenvalue weighted by molar-refractivity contribution is 5.65. The number of aliphatic hydroxyl groups is 1. The number of hydrogen-bond acceptors (Lipinski definition) is 7. The second-order valence-electron chi connectivity index (χ2n) is 8.14. The lowest BCUT2D eigenvalue weighted by Crippen LogP contribution is -2.30. The van der Waals surface area contributed by atoms with E-state index in [1.165, 1.54) is 6.33 Å². The van der Waals surface area contributed by atoms with Gasteiger partial charge in [-0.05, 0) is 23.3 Å². The summed E-state index contributed by atoms with van der Waals surface area (Å²) in [6, 6.07) is 23.4. The molecule has 1 aliphatic heterocycles. The number of anilines is 1. The Morgan fingerprint density at radius 2 is 1.70 bits per heavy atom. The minimum absolute atomic E-state index is 0.231. The summed E-state index contributed by atoms with van der Waals surface area (Å²) in [5.74, 6) is -1.27. The molecule has 3 atom stereocenters. The number of benzene rings is 2. The van der Waals surface area contributed by atoms with Gasteiger partial charge in [0.25, 0.3) is 0 Å². The van der Waals surface area contributed by atoms with Crippen LogP contribution >= 0.6 is 0 Å². The third-order valence-electron chi connectivity index (χ3n) is 5.82. The number of rotatable bonds is 8. The second kappa shape index (κ2) is 9.29. The summed E-state index contributed by atoms with van der Waals surface area (Å²) in [5, 5.41) is 15.8. The van der Waals surface area contributed by atoms with Crippen molar-refractivity contribution < 1.29 is 19.3 Å². The molecule has 0 bridgehead atoms. The van der Waals surface area contributed by atoms with Crippen molar-refractivity contribution >= 4 is 11.3 Å². The largest absolute Gasteiger partial charge is 0.382 e. The predicted molar refractivity (Wildman–Crippen MR) is 122 cm³/mol. The Hall–Kier alpha value is -3.30. The quantitative estimate of drug-likeness (QED) is 0.429. The van der Waals surface area contributed by atoms with Crippen molar-refractivity contribution in [2.75, 3.05) is 12.3 Å².